The topological polar surface area (TPSA) is 35.8 Å². The Morgan fingerprint density at radius 1 is 1.26 bits per heavy atom. The number of aryl methyl sites for hydroxylation is 1. The van der Waals surface area contributed by atoms with Crippen molar-refractivity contribution in [3.63, 3.8) is 0 Å². The number of anilines is 1. The van der Waals surface area contributed by atoms with Gasteiger partial charge in [-0.1, -0.05) is 52.2 Å². The third kappa shape index (κ3) is 4.95. The molecule has 0 heterocycles. The van der Waals surface area contributed by atoms with Crippen molar-refractivity contribution in [3.05, 3.63) is 29.3 Å². The molecule has 0 bridgehead atoms. The first-order chi connectivity index (χ1) is 9.00. The summed E-state index contributed by atoms with van der Waals surface area (Å²) in [4.78, 5) is 0. The Labute approximate surface area is 117 Å². The van der Waals surface area contributed by atoms with Gasteiger partial charge < -0.3 is 5.32 Å². The molecule has 0 saturated carbocycles. The van der Waals surface area contributed by atoms with E-state index in [1.54, 1.807) is 0 Å². The molecule has 0 fully saturated rings. The maximum atomic E-state index is 9.16. The van der Waals surface area contributed by atoms with Crippen molar-refractivity contribution < 1.29 is 0 Å². The van der Waals surface area contributed by atoms with Crippen LogP contribution < -0.4 is 5.32 Å². The van der Waals surface area contributed by atoms with Gasteiger partial charge in [-0.3, -0.25) is 0 Å². The number of nitriles is 1. The molecule has 1 rings (SSSR count). The van der Waals surface area contributed by atoms with Crippen LogP contribution in [-0.4, -0.2) is 6.54 Å². The third-order valence-electron chi connectivity index (χ3n) is 3.59. The van der Waals surface area contributed by atoms with Gasteiger partial charge in [-0.25, -0.2) is 0 Å². The van der Waals surface area contributed by atoms with Gasteiger partial charge in [0.2, 0.25) is 0 Å². The Kier molecular flexibility index (Phi) is 5.89. The molecule has 0 aliphatic rings. The van der Waals surface area contributed by atoms with Crippen molar-refractivity contribution in [1.29, 1.82) is 5.26 Å². The summed E-state index contributed by atoms with van der Waals surface area (Å²) < 4.78 is 0. The van der Waals surface area contributed by atoms with Gasteiger partial charge in [0.15, 0.2) is 0 Å². The van der Waals surface area contributed by atoms with Gasteiger partial charge >= 0.3 is 0 Å². The molecule has 1 N–H and O–H groups in total. The fraction of sp³-hybridized carbons (Fsp3) is 0.588. The van der Waals surface area contributed by atoms with E-state index in [9.17, 15) is 0 Å². The van der Waals surface area contributed by atoms with Crippen LogP contribution in [0.4, 0.5) is 5.69 Å². The standard InChI is InChI=1S/C17H26N2/c1-5-6-7-11-17(3,4)13-19-16-14(2)9-8-10-15(16)12-18/h8-10,19H,5-7,11,13H2,1-4H3. The van der Waals surface area contributed by atoms with Crippen molar-refractivity contribution >= 4 is 5.69 Å². The summed E-state index contributed by atoms with van der Waals surface area (Å²) in [5.41, 5.74) is 3.14. The van der Waals surface area contributed by atoms with E-state index in [0.717, 1.165) is 23.4 Å². The molecule has 2 heteroatoms. The summed E-state index contributed by atoms with van der Waals surface area (Å²) in [6, 6.07) is 8.12. The number of nitrogens with zero attached hydrogens (tertiary/aromatic N) is 1. The molecular weight excluding hydrogens is 232 g/mol. The molecule has 0 unspecified atom stereocenters. The summed E-state index contributed by atoms with van der Waals surface area (Å²) in [6.07, 6.45) is 5.07. The van der Waals surface area contributed by atoms with Gasteiger partial charge in [-0.2, -0.15) is 5.26 Å². The molecule has 1 aromatic carbocycles. The lowest BCUT2D eigenvalue weighted by Crippen LogP contribution is -2.23. The number of unbranched alkanes of at least 4 members (excludes halogenated alkanes) is 2. The molecule has 19 heavy (non-hydrogen) atoms. The second-order valence-electron chi connectivity index (χ2n) is 6.08. The van der Waals surface area contributed by atoms with E-state index >= 15 is 0 Å². The number of rotatable bonds is 7. The van der Waals surface area contributed by atoms with Crippen molar-refractivity contribution in [2.45, 2.75) is 53.4 Å². The number of hydrogen-bond donors (Lipinski definition) is 1. The third-order valence-corrected chi connectivity index (χ3v) is 3.59. The highest BCUT2D eigenvalue weighted by Crippen LogP contribution is 2.26. The van der Waals surface area contributed by atoms with Crippen LogP contribution in [-0.2, 0) is 0 Å². The summed E-state index contributed by atoms with van der Waals surface area (Å²) in [7, 11) is 0. The molecule has 0 spiro atoms. The minimum absolute atomic E-state index is 0.268. The van der Waals surface area contributed by atoms with Crippen LogP contribution in [0.1, 0.15) is 57.6 Å². The summed E-state index contributed by atoms with van der Waals surface area (Å²) in [5, 5.41) is 12.6. The molecule has 0 aromatic heterocycles. The lowest BCUT2D eigenvalue weighted by Gasteiger charge is -2.26. The van der Waals surface area contributed by atoms with Crippen molar-refractivity contribution in [3.8, 4) is 6.07 Å². The van der Waals surface area contributed by atoms with Crippen LogP contribution in [0.25, 0.3) is 0 Å². The number of para-hydroxylation sites is 1. The Hall–Kier alpha value is -1.49. The lowest BCUT2D eigenvalue weighted by molar-refractivity contribution is 0.342. The van der Waals surface area contributed by atoms with Gasteiger partial charge in [0, 0.05) is 6.54 Å². The summed E-state index contributed by atoms with van der Waals surface area (Å²) >= 11 is 0. The predicted molar refractivity (Wildman–Crippen MR) is 82.3 cm³/mol. The van der Waals surface area contributed by atoms with Crippen LogP contribution in [0, 0.1) is 23.7 Å². The highest BCUT2D eigenvalue weighted by atomic mass is 14.9. The zero-order chi connectivity index (χ0) is 14.3. The smallest absolute Gasteiger partial charge is 0.101 e. The van der Waals surface area contributed by atoms with Crippen LogP contribution in [0.2, 0.25) is 0 Å². The van der Waals surface area contributed by atoms with E-state index in [-0.39, 0.29) is 5.41 Å². The minimum Gasteiger partial charge on any atom is -0.383 e. The van der Waals surface area contributed by atoms with Crippen molar-refractivity contribution in [2.75, 3.05) is 11.9 Å². The van der Waals surface area contributed by atoms with Crippen molar-refractivity contribution in [2.24, 2.45) is 5.41 Å². The van der Waals surface area contributed by atoms with Crippen LogP contribution in [0.3, 0.4) is 0 Å². The summed E-state index contributed by atoms with van der Waals surface area (Å²) in [6.45, 7) is 9.78. The van der Waals surface area contributed by atoms with E-state index in [0.29, 0.717) is 0 Å². The number of benzene rings is 1. The first-order valence-electron chi connectivity index (χ1n) is 7.24. The Balaban J connectivity index is 2.64. The molecule has 0 amide bonds. The van der Waals surface area contributed by atoms with Crippen molar-refractivity contribution in [1.82, 2.24) is 0 Å². The zero-order valence-corrected chi connectivity index (χ0v) is 12.7. The van der Waals surface area contributed by atoms with Gasteiger partial charge in [0.05, 0.1) is 11.3 Å². The van der Waals surface area contributed by atoms with Gasteiger partial charge in [0.1, 0.15) is 6.07 Å². The van der Waals surface area contributed by atoms with E-state index in [4.69, 9.17) is 5.26 Å². The summed E-state index contributed by atoms with van der Waals surface area (Å²) in [5.74, 6) is 0. The lowest BCUT2D eigenvalue weighted by atomic mass is 9.86. The second-order valence-corrected chi connectivity index (χ2v) is 6.08. The highest BCUT2D eigenvalue weighted by molar-refractivity contribution is 5.62. The molecule has 0 saturated heterocycles. The maximum Gasteiger partial charge on any atom is 0.101 e. The SMILES string of the molecule is CCCCCC(C)(C)CNc1c(C)cccc1C#N. The fourth-order valence-electron chi connectivity index (χ4n) is 2.27. The number of hydrogen-bond acceptors (Lipinski definition) is 2. The molecule has 104 valence electrons. The van der Waals surface area contributed by atoms with E-state index in [2.05, 4.69) is 32.2 Å². The second kappa shape index (κ2) is 7.19. The molecule has 0 atom stereocenters. The molecule has 1 aromatic rings. The van der Waals surface area contributed by atoms with Crippen LogP contribution in [0.5, 0.6) is 0 Å². The first kappa shape index (κ1) is 15.6. The Bertz CT molecular complexity index is 441. The van der Waals surface area contributed by atoms with E-state index in [1.807, 2.05) is 25.1 Å². The fourth-order valence-corrected chi connectivity index (χ4v) is 2.27. The zero-order valence-electron chi connectivity index (χ0n) is 12.7. The molecule has 0 aliphatic carbocycles. The average Bonchev–Trinajstić information content (AvgIpc) is 2.37. The highest BCUT2D eigenvalue weighted by Gasteiger charge is 2.18. The van der Waals surface area contributed by atoms with Crippen LogP contribution in [0.15, 0.2) is 18.2 Å². The van der Waals surface area contributed by atoms with Gasteiger partial charge in [-0.15, -0.1) is 0 Å². The van der Waals surface area contributed by atoms with E-state index < -0.39 is 0 Å². The normalized spacial score (nSPS) is 11.1. The average molecular weight is 258 g/mol. The molecule has 2 nitrogen and oxygen atoms in total. The Morgan fingerprint density at radius 2 is 2.00 bits per heavy atom. The monoisotopic (exact) mass is 258 g/mol. The first-order valence-corrected chi connectivity index (χ1v) is 7.24. The molecule has 0 radical (unpaired) electrons. The maximum absolute atomic E-state index is 9.16. The molecule has 0 aliphatic heterocycles. The van der Waals surface area contributed by atoms with E-state index in [1.165, 1.54) is 25.7 Å². The van der Waals surface area contributed by atoms with Gasteiger partial charge in [0.25, 0.3) is 0 Å². The predicted octanol–water partition coefficient (Wildman–Crippen LogP) is 4.89. The Morgan fingerprint density at radius 3 is 2.63 bits per heavy atom. The largest absolute Gasteiger partial charge is 0.383 e. The van der Waals surface area contributed by atoms with Crippen LogP contribution >= 0.6 is 0 Å². The molecular formula is C17H26N2. The quantitative estimate of drug-likeness (QED) is 0.707. The minimum atomic E-state index is 0.268. The number of nitrogens with one attached hydrogen (secondary N) is 1. The van der Waals surface area contributed by atoms with Gasteiger partial charge in [-0.05, 0) is 30.4 Å².